The number of rotatable bonds is 2. The summed E-state index contributed by atoms with van der Waals surface area (Å²) in [5.41, 5.74) is 1.79. The average Bonchev–Trinajstić information content (AvgIpc) is 3.14. The first-order valence-corrected chi connectivity index (χ1v) is 7.37. The number of anilines is 1. The number of aromatic nitrogens is 4. The van der Waals surface area contributed by atoms with Crippen molar-refractivity contribution in [1.29, 1.82) is 0 Å². The maximum absolute atomic E-state index is 13.5. The smallest absolute Gasteiger partial charge is 0.227 e. The van der Waals surface area contributed by atoms with E-state index in [1.165, 1.54) is 6.20 Å². The molecule has 0 amide bonds. The van der Waals surface area contributed by atoms with Crippen molar-refractivity contribution < 1.29 is 4.39 Å². The lowest BCUT2D eigenvalue weighted by atomic mass is 10.1. The molecule has 6 heteroatoms. The molecule has 1 unspecified atom stereocenters. The molecule has 0 radical (unpaired) electrons. The van der Waals surface area contributed by atoms with E-state index in [4.69, 9.17) is 0 Å². The van der Waals surface area contributed by atoms with Crippen LogP contribution in [0.5, 0.6) is 0 Å². The van der Waals surface area contributed by atoms with Gasteiger partial charge in [-0.1, -0.05) is 0 Å². The van der Waals surface area contributed by atoms with Crippen molar-refractivity contribution in [3.05, 3.63) is 48.3 Å². The van der Waals surface area contributed by atoms with Crippen LogP contribution in [0.4, 0.5) is 10.3 Å². The fraction of sp³-hybridized carbons (Fsp3) is 0.312. The zero-order valence-corrected chi connectivity index (χ0v) is 12.3. The number of halogens is 1. The van der Waals surface area contributed by atoms with Gasteiger partial charge in [0, 0.05) is 37.6 Å². The van der Waals surface area contributed by atoms with Crippen LogP contribution in [-0.2, 0) is 7.05 Å². The van der Waals surface area contributed by atoms with Crippen molar-refractivity contribution in [1.82, 2.24) is 19.5 Å². The molecule has 1 atom stereocenters. The molecule has 3 aromatic heterocycles. The molecular formula is C16H16FN5. The van der Waals surface area contributed by atoms with Crippen LogP contribution in [-0.4, -0.2) is 26.1 Å². The van der Waals surface area contributed by atoms with Gasteiger partial charge in [0.15, 0.2) is 0 Å². The van der Waals surface area contributed by atoms with Crippen molar-refractivity contribution in [3.63, 3.8) is 0 Å². The van der Waals surface area contributed by atoms with Gasteiger partial charge in [-0.15, -0.1) is 0 Å². The molecule has 112 valence electrons. The fourth-order valence-corrected chi connectivity index (χ4v) is 3.14. The number of fused-ring (bicyclic) bond motifs is 1. The minimum atomic E-state index is -0.303. The van der Waals surface area contributed by atoms with Crippen LogP contribution in [0.2, 0.25) is 0 Å². The van der Waals surface area contributed by atoms with Crippen LogP contribution >= 0.6 is 0 Å². The van der Waals surface area contributed by atoms with Crippen LogP contribution in [0.1, 0.15) is 24.4 Å². The normalized spacial score (nSPS) is 18.3. The second-order valence-corrected chi connectivity index (χ2v) is 5.66. The van der Waals surface area contributed by atoms with Gasteiger partial charge in [0.25, 0.3) is 0 Å². The van der Waals surface area contributed by atoms with Crippen LogP contribution in [0.15, 0.2) is 36.9 Å². The molecule has 5 nitrogen and oxygen atoms in total. The van der Waals surface area contributed by atoms with Gasteiger partial charge < -0.3 is 9.47 Å². The molecule has 0 aromatic carbocycles. The summed E-state index contributed by atoms with van der Waals surface area (Å²) >= 11 is 0. The molecule has 1 saturated heterocycles. The first-order chi connectivity index (χ1) is 10.7. The van der Waals surface area contributed by atoms with Gasteiger partial charge in [-0.3, -0.25) is 4.98 Å². The van der Waals surface area contributed by atoms with Crippen molar-refractivity contribution >= 4 is 17.0 Å². The van der Waals surface area contributed by atoms with Crippen molar-refractivity contribution in [2.24, 2.45) is 7.05 Å². The summed E-state index contributed by atoms with van der Waals surface area (Å²) in [4.78, 5) is 15.3. The Morgan fingerprint density at radius 1 is 1.27 bits per heavy atom. The summed E-state index contributed by atoms with van der Waals surface area (Å²) in [7, 11) is 1.97. The van der Waals surface area contributed by atoms with Crippen LogP contribution in [0.25, 0.3) is 11.0 Å². The van der Waals surface area contributed by atoms with E-state index < -0.39 is 0 Å². The summed E-state index contributed by atoms with van der Waals surface area (Å²) in [6.45, 7) is 0.872. The molecule has 0 spiro atoms. The Hall–Kier alpha value is -2.50. The molecule has 3 aromatic rings. The molecule has 1 fully saturated rings. The second kappa shape index (κ2) is 5.05. The third-order valence-electron chi connectivity index (χ3n) is 4.22. The van der Waals surface area contributed by atoms with Crippen molar-refractivity contribution in [2.45, 2.75) is 18.9 Å². The molecule has 0 saturated carbocycles. The van der Waals surface area contributed by atoms with Gasteiger partial charge in [0.2, 0.25) is 5.95 Å². The third kappa shape index (κ3) is 2.11. The standard InChI is InChI=1S/C16H16FN5/c1-21-6-4-11-9-19-16(20-15(11)21)22-5-2-3-14(22)12-7-13(17)10-18-8-12/h4,6-10,14H,2-3,5H2,1H3. The summed E-state index contributed by atoms with van der Waals surface area (Å²) in [6, 6.07) is 3.63. The number of hydrogen-bond acceptors (Lipinski definition) is 4. The molecule has 1 aliphatic heterocycles. The lowest BCUT2D eigenvalue weighted by molar-refractivity contribution is 0.609. The van der Waals surface area contributed by atoms with E-state index in [-0.39, 0.29) is 11.9 Å². The highest BCUT2D eigenvalue weighted by Gasteiger charge is 2.28. The summed E-state index contributed by atoms with van der Waals surface area (Å²) in [6.07, 6.45) is 8.77. The van der Waals surface area contributed by atoms with E-state index >= 15 is 0 Å². The van der Waals surface area contributed by atoms with Crippen LogP contribution in [0.3, 0.4) is 0 Å². The fourth-order valence-electron chi connectivity index (χ4n) is 3.14. The van der Waals surface area contributed by atoms with Crippen LogP contribution < -0.4 is 4.90 Å². The highest BCUT2D eigenvalue weighted by molar-refractivity contribution is 5.76. The van der Waals surface area contributed by atoms with Crippen LogP contribution in [0, 0.1) is 5.82 Å². The Bertz CT molecular complexity index is 828. The van der Waals surface area contributed by atoms with Gasteiger partial charge in [-0.25, -0.2) is 9.37 Å². The van der Waals surface area contributed by atoms with E-state index in [0.29, 0.717) is 5.95 Å². The summed E-state index contributed by atoms with van der Waals surface area (Å²) in [5, 5.41) is 1.02. The lowest BCUT2D eigenvalue weighted by Crippen LogP contribution is -2.25. The zero-order chi connectivity index (χ0) is 15.1. The molecule has 1 aliphatic rings. The number of pyridine rings is 1. The number of aryl methyl sites for hydroxylation is 1. The Labute approximate surface area is 127 Å². The van der Waals surface area contributed by atoms with Gasteiger partial charge >= 0.3 is 0 Å². The minimum Gasteiger partial charge on any atom is -0.335 e. The average molecular weight is 297 g/mol. The molecule has 0 aliphatic carbocycles. The number of hydrogen-bond donors (Lipinski definition) is 0. The predicted octanol–water partition coefficient (Wildman–Crippen LogP) is 2.84. The molecule has 22 heavy (non-hydrogen) atoms. The van der Waals surface area contributed by atoms with E-state index in [0.717, 1.165) is 36.0 Å². The van der Waals surface area contributed by atoms with E-state index in [9.17, 15) is 4.39 Å². The second-order valence-electron chi connectivity index (χ2n) is 5.66. The van der Waals surface area contributed by atoms with Gasteiger partial charge in [-0.05, 0) is 30.5 Å². The maximum atomic E-state index is 13.5. The monoisotopic (exact) mass is 297 g/mol. The highest BCUT2D eigenvalue weighted by atomic mass is 19.1. The van der Waals surface area contributed by atoms with Gasteiger partial charge in [0.1, 0.15) is 11.5 Å². The molecule has 4 rings (SSSR count). The van der Waals surface area contributed by atoms with Gasteiger partial charge in [-0.2, -0.15) is 4.98 Å². The first kappa shape index (κ1) is 13.2. The maximum Gasteiger partial charge on any atom is 0.227 e. The largest absolute Gasteiger partial charge is 0.335 e. The molecule has 0 N–H and O–H groups in total. The lowest BCUT2D eigenvalue weighted by Gasteiger charge is -2.24. The minimum absolute atomic E-state index is 0.0842. The Morgan fingerprint density at radius 2 is 2.18 bits per heavy atom. The third-order valence-corrected chi connectivity index (χ3v) is 4.22. The van der Waals surface area contributed by atoms with E-state index in [1.807, 2.05) is 30.1 Å². The van der Waals surface area contributed by atoms with E-state index in [1.54, 1.807) is 12.3 Å². The van der Waals surface area contributed by atoms with Crippen molar-refractivity contribution in [3.8, 4) is 0 Å². The first-order valence-electron chi connectivity index (χ1n) is 7.37. The summed E-state index contributed by atoms with van der Waals surface area (Å²) < 4.78 is 15.4. The molecular weight excluding hydrogens is 281 g/mol. The summed E-state index contributed by atoms with van der Waals surface area (Å²) in [5.74, 6) is 0.393. The topological polar surface area (TPSA) is 46.8 Å². The Morgan fingerprint density at radius 3 is 3.05 bits per heavy atom. The number of nitrogens with zero attached hydrogens (tertiary/aromatic N) is 5. The quantitative estimate of drug-likeness (QED) is 0.730. The van der Waals surface area contributed by atoms with E-state index in [2.05, 4.69) is 19.9 Å². The Kier molecular flexibility index (Phi) is 3.03. The Balaban J connectivity index is 1.74. The molecule has 0 bridgehead atoms. The predicted molar refractivity (Wildman–Crippen MR) is 82.0 cm³/mol. The molecule has 4 heterocycles. The zero-order valence-electron chi connectivity index (χ0n) is 12.3. The SMILES string of the molecule is Cn1ccc2cnc(N3CCCC3c3cncc(F)c3)nc21. The van der Waals surface area contributed by atoms with Crippen molar-refractivity contribution in [2.75, 3.05) is 11.4 Å². The highest BCUT2D eigenvalue weighted by Crippen LogP contribution is 2.34. The van der Waals surface area contributed by atoms with Gasteiger partial charge in [0.05, 0.1) is 12.2 Å².